The summed E-state index contributed by atoms with van der Waals surface area (Å²) in [5.74, 6) is -1.63. The van der Waals surface area contributed by atoms with Crippen molar-refractivity contribution in [2.24, 2.45) is 5.73 Å². The van der Waals surface area contributed by atoms with Gasteiger partial charge in [0.15, 0.2) is 11.6 Å². The first-order chi connectivity index (χ1) is 11.0. The summed E-state index contributed by atoms with van der Waals surface area (Å²) in [6.07, 6.45) is 0.0300. The Hall–Kier alpha value is -2.47. The number of hydrogen-bond acceptors (Lipinski definition) is 4. The van der Waals surface area contributed by atoms with Gasteiger partial charge in [-0.25, -0.2) is 8.78 Å². The number of hydrogen-bond donors (Lipinski definition) is 1. The van der Waals surface area contributed by atoms with Gasteiger partial charge in [0.05, 0.1) is 13.0 Å². The summed E-state index contributed by atoms with van der Waals surface area (Å²) in [7, 11) is 0. The minimum atomic E-state index is -0.800. The predicted octanol–water partition coefficient (Wildman–Crippen LogP) is 3.71. The Morgan fingerprint density at radius 3 is 2.70 bits per heavy atom. The van der Waals surface area contributed by atoms with Crippen LogP contribution in [0.3, 0.4) is 0 Å². The van der Waals surface area contributed by atoms with Gasteiger partial charge in [0.2, 0.25) is 0 Å². The van der Waals surface area contributed by atoms with Gasteiger partial charge in [0.1, 0.15) is 11.6 Å². The van der Waals surface area contributed by atoms with Gasteiger partial charge in [-0.1, -0.05) is 12.1 Å². The summed E-state index contributed by atoms with van der Waals surface area (Å²) in [4.78, 5) is 11.5. The van der Waals surface area contributed by atoms with Crippen molar-refractivity contribution in [3.05, 3.63) is 59.7 Å². The van der Waals surface area contributed by atoms with Crippen molar-refractivity contribution >= 4 is 5.97 Å². The number of ether oxygens (including phenoxy) is 2. The molecule has 0 radical (unpaired) electrons. The lowest BCUT2D eigenvalue weighted by Gasteiger charge is -2.13. The average Bonchev–Trinajstić information content (AvgIpc) is 2.50. The van der Waals surface area contributed by atoms with Crippen LogP contribution in [-0.4, -0.2) is 12.6 Å². The molecule has 0 amide bonds. The van der Waals surface area contributed by atoms with Crippen LogP contribution < -0.4 is 10.5 Å². The van der Waals surface area contributed by atoms with Gasteiger partial charge < -0.3 is 15.2 Å². The second-order valence-corrected chi connectivity index (χ2v) is 4.86. The Kier molecular flexibility index (Phi) is 5.65. The second-order valence-electron chi connectivity index (χ2n) is 4.86. The van der Waals surface area contributed by atoms with Crippen molar-refractivity contribution in [3.63, 3.8) is 0 Å². The number of benzene rings is 2. The van der Waals surface area contributed by atoms with E-state index in [1.165, 1.54) is 6.07 Å². The summed E-state index contributed by atoms with van der Waals surface area (Å²) in [6.45, 7) is 2.01. The van der Waals surface area contributed by atoms with E-state index in [1.807, 2.05) is 0 Å². The van der Waals surface area contributed by atoms with Crippen LogP contribution >= 0.6 is 0 Å². The quantitative estimate of drug-likeness (QED) is 0.824. The molecule has 2 rings (SSSR count). The minimum Gasteiger partial charge on any atom is -0.466 e. The van der Waals surface area contributed by atoms with E-state index in [4.69, 9.17) is 15.2 Å². The van der Waals surface area contributed by atoms with Crippen LogP contribution in [0.2, 0.25) is 0 Å². The highest BCUT2D eigenvalue weighted by atomic mass is 19.1. The molecule has 0 spiro atoms. The van der Waals surface area contributed by atoms with E-state index in [9.17, 15) is 13.6 Å². The monoisotopic (exact) mass is 321 g/mol. The molecule has 2 aromatic rings. The molecule has 0 saturated heterocycles. The second kappa shape index (κ2) is 7.69. The summed E-state index contributed by atoms with van der Waals surface area (Å²) >= 11 is 0. The number of halogens is 2. The highest BCUT2D eigenvalue weighted by molar-refractivity contribution is 5.70. The van der Waals surface area contributed by atoms with E-state index in [1.54, 1.807) is 31.2 Å². The average molecular weight is 321 g/mol. The smallest absolute Gasteiger partial charge is 0.307 e. The number of rotatable bonds is 6. The van der Waals surface area contributed by atoms with E-state index < -0.39 is 23.6 Å². The Bertz CT molecular complexity index is 691. The Morgan fingerprint density at radius 1 is 1.22 bits per heavy atom. The zero-order chi connectivity index (χ0) is 16.8. The maximum Gasteiger partial charge on any atom is 0.307 e. The number of carbonyl (C=O) groups excluding carboxylic acids is 1. The fraction of sp³-hybridized carbons (Fsp3) is 0.235. The van der Waals surface area contributed by atoms with Crippen LogP contribution in [0, 0.1) is 11.6 Å². The molecular formula is C17H17F2NO3. The van der Waals surface area contributed by atoms with Crippen molar-refractivity contribution in [2.75, 3.05) is 6.61 Å². The molecule has 23 heavy (non-hydrogen) atoms. The first-order valence-electron chi connectivity index (χ1n) is 7.13. The van der Waals surface area contributed by atoms with Crippen molar-refractivity contribution in [3.8, 4) is 11.5 Å². The predicted molar refractivity (Wildman–Crippen MR) is 81.1 cm³/mol. The van der Waals surface area contributed by atoms with E-state index in [0.29, 0.717) is 17.9 Å². The zero-order valence-corrected chi connectivity index (χ0v) is 12.6. The third kappa shape index (κ3) is 4.75. The number of nitrogens with two attached hydrogens (primary N) is 1. The third-order valence-electron chi connectivity index (χ3n) is 3.10. The van der Waals surface area contributed by atoms with Crippen LogP contribution in [0.1, 0.15) is 24.9 Å². The van der Waals surface area contributed by atoms with Gasteiger partial charge in [-0.05, 0) is 36.8 Å². The summed E-state index contributed by atoms with van der Waals surface area (Å²) in [5.41, 5.74) is 6.61. The van der Waals surface area contributed by atoms with Gasteiger partial charge >= 0.3 is 5.97 Å². The molecule has 1 atom stereocenters. The van der Waals surface area contributed by atoms with Crippen LogP contribution in [-0.2, 0) is 9.53 Å². The fourth-order valence-corrected chi connectivity index (χ4v) is 2.01. The maximum atomic E-state index is 13.6. The molecule has 0 aliphatic rings. The SMILES string of the molecule is CCOC(=O)C[C@H](N)c1cccc(Oc2ccc(F)cc2F)c1. The highest BCUT2D eigenvalue weighted by Gasteiger charge is 2.14. The molecule has 4 nitrogen and oxygen atoms in total. The third-order valence-corrected chi connectivity index (χ3v) is 3.10. The van der Waals surface area contributed by atoms with Crippen LogP contribution in [0.5, 0.6) is 11.5 Å². The Labute approximate surface area is 132 Å². The molecular weight excluding hydrogens is 304 g/mol. The lowest BCUT2D eigenvalue weighted by atomic mass is 10.0. The Morgan fingerprint density at radius 2 is 2.00 bits per heavy atom. The van der Waals surface area contributed by atoms with Crippen molar-refractivity contribution in [1.82, 2.24) is 0 Å². The zero-order valence-electron chi connectivity index (χ0n) is 12.6. The van der Waals surface area contributed by atoms with Gasteiger partial charge in [-0.2, -0.15) is 0 Å². The molecule has 0 aliphatic carbocycles. The molecule has 2 N–H and O–H groups in total. The van der Waals surface area contributed by atoms with E-state index in [2.05, 4.69) is 0 Å². The lowest BCUT2D eigenvalue weighted by Crippen LogP contribution is -2.17. The molecule has 2 aromatic carbocycles. The van der Waals surface area contributed by atoms with Gasteiger partial charge in [-0.15, -0.1) is 0 Å². The largest absolute Gasteiger partial charge is 0.466 e. The molecule has 122 valence electrons. The summed E-state index contributed by atoms with van der Waals surface area (Å²) in [6, 6.07) is 9.12. The fourth-order valence-electron chi connectivity index (χ4n) is 2.01. The van der Waals surface area contributed by atoms with E-state index in [-0.39, 0.29) is 12.2 Å². The first kappa shape index (κ1) is 16.9. The van der Waals surface area contributed by atoms with Crippen LogP contribution in [0.15, 0.2) is 42.5 Å². The number of esters is 1. The van der Waals surface area contributed by atoms with Gasteiger partial charge in [-0.3, -0.25) is 4.79 Å². The van der Waals surface area contributed by atoms with E-state index >= 15 is 0 Å². The molecule has 0 aliphatic heterocycles. The normalized spacial score (nSPS) is 11.8. The van der Waals surface area contributed by atoms with E-state index in [0.717, 1.165) is 12.1 Å². The van der Waals surface area contributed by atoms with Crippen LogP contribution in [0.25, 0.3) is 0 Å². The Balaban J connectivity index is 2.11. The maximum absolute atomic E-state index is 13.6. The summed E-state index contributed by atoms with van der Waals surface area (Å²) < 4.78 is 36.7. The molecule has 0 fully saturated rings. The molecule has 0 aromatic heterocycles. The highest BCUT2D eigenvalue weighted by Crippen LogP contribution is 2.27. The molecule has 0 unspecified atom stereocenters. The topological polar surface area (TPSA) is 61.5 Å². The van der Waals surface area contributed by atoms with Gasteiger partial charge in [0, 0.05) is 12.1 Å². The summed E-state index contributed by atoms with van der Waals surface area (Å²) in [5, 5.41) is 0. The number of carbonyl (C=O) groups is 1. The van der Waals surface area contributed by atoms with Gasteiger partial charge in [0.25, 0.3) is 0 Å². The molecule has 0 heterocycles. The first-order valence-corrected chi connectivity index (χ1v) is 7.13. The minimum absolute atomic E-state index is 0.0300. The molecule has 6 heteroatoms. The van der Waals surface area contributed by atoms with Crippen molar-refractivity contribution in [1.29, 1.82) is 0 Å². The molecule has 0 saturated carbocycles. The van der Waals surface area contributed by atoms with Crippen molar-refractivity contribution in [2.45, 2.75) is 19.4 Å². The van der Waals surface area contributed by atoms with Crippen LogP contribution in [0.4, 0.5) is 8.78 Å². The lowest BCUT2D eigenvalue weighted by molar-refractivity contribution is -0.143. The van der Waals surface area contributed by atoms with Crippen molar-refractivity contribution < 1.29 is 23.0 Å². The standard InChI is InChI=1S/C17H17F2NO3/c1-2-22-17(21)10-15(20)11-4-3-5-13(8-11)23-16-7-6-12(18)9-14(16)19/h3-9,15H,2,10,20H2,1H3/t15-/m0/s1. The molecule has 0 bridgehead atoms.